The van der Waals surface area contributed by atoms with Gasteiger partial charge in [0.1, 0.15) is 10.6 Å². The second-order valence-electron chi connectivity index (χ2n) is 8.92. The molecule has 0 saturated heterocycles. The van der Waals surface area contributed by atoms with Crippen LogP contribution < -0.4 is 0 Å². The summed E-state index contributed by atoms with van der Waals surface area (Å²) in [6, 6.07) is 13.2. The number of aliphatic hydroxyl groups is 1. The molecule has 0 fully saturated rings. The SMILES string of the molecule is Cc1ccc(Cc2nc3ccc(C#N)cc3[nH]2)c2ccn(S(=O)(=O)C3(C)C=C(CO)C=CC3)c12. The average molecular weight is 473 g/mol. The molecular weight excluding hydrogens is 448 g/mol. The fourth-order valence-corrected chi connectivity index (χ4v) is 6.41. The molecule has 1 aliphatic rings. The highest BCUT2D eigenvalue weighted by Crippen LogP contribution is 2.35. The van der Waals surface area contributed by atoms with Gasteiger partial charge in [0.15, 0.2) is 0 Å². The fraction of sp³-hybridized carbons (Fsp3) is 0.231. The number of aliphatic hydroxyl groups excluding tert-OH is 1. The lowest BCUT2D eigenvalue weighted by Crippen LogP contribution is -2.38. The van der Waals surface area contributed by atoms with Gasteiger partial charge in [0.25, 0.3) is 0 Å². The number of H-pyrrole nitrogens is 1. The zero-order chi connectivity index (χ0) is 24.1. The molecule has 0 aliphatic heterocycles. The molecule has 0 bridgehead atoms. The van der Waals surface area contributed by atoms with E-state index in [1.807, 2.05) is 31.2 Å². The standard InChI is InChI=1S/C26H24N4O3S/c1-17-5-7-20(13-24-28-22-8-6-18(15-27)12-23(22)29-24)21-9-11-30(25(17)21)34(32,33)26(2)10-3-4-19(14-26)16-31/h3-9,11-12,14,31H,10,13,16H2,1-2H3,(H,28,29). The Morgan fingerprint density at radius 2 is 2.09 bits per heavy atom. The molecule has 0 spiro atoms. The van der Waals surface area contributed by atoms with Crippen molar-refractivity contribution in [2.45, 2.75) is 31.4 Å². The first kappa shape index (κ1) is 22.1. The maximum atomic E-state index is 13.8. The molecule has 2 heterocycles. The van der Waals surface area contributed by atoms with Crippen LogP contribution >= 0.6 is 0 Å². The van der Waals surface area contributed by atoms with Crippen LogP contribution in [-0.4, -0.2) is 38.8 Å². The Balaban J connectivity index is 1.58. The number of imidazole rings is 1. The lowest BCUT2D eigenvalue weighted by molar-refractivity contribution is 0.333. The van der Waals surface area contributed by atoms with Crippen molar-refractivity contribution in [2.24, 2.45) is 0 Å². The summed E-state index contributed by atoms with van der Waals surface area (Å²) >= 11 is 0. The first-order valence-electron chi connectivity index (χ1n) is 11.0. The van der Waals surface area contributed by atoms with Crippen molar-refractivity contribution in [2.75, 3.05) is 6.61 Å². The largest absolute Gasteiger partial charge is 0.392 e. The Morgan fingerprint density at radius 1 is 1.26 bits per heavy atom. The van der Waals surface area contributed by atoms with E-state index >= 15 is 0 Å². The minimum atomic E-state index is -3.80. The van der Waals surface area contributed by atoms with Crippen LogP contribution in [-0.2, 0) is 16.4 Å². The van der Waals surface area contributed by atoms with Crippen LogP contribution in [0.2, 0.25) is 0 Å². The maximum Gasteiger partial charge on any atom is 0.248 e. The highest BCUT2D eigenvalue weighted by molar-refractivity contribution is 7.91. The number of aromatic nitrogens is 3. The molecule has 1 unspecified atom stereocenters. The van der Waals surface area contributed by atoms with Crippen molar-refractivity contribution >= 4 is 32.0 Å². The molecule has 7 nitrogen and oxygen atoms in total. The van der Waals surface area contributed by atoms with E-state index in [0.717, 1.165) is 33.4 Å². The molecule has 2 N–H and O–H groups in total. The summed E-state index contributed by atoms with van der Waals surface area (Å²) < 4.78 is 27.8. The molecule has 0 radical (unpaired) electrons. The normalized spacial score (nSPS) is 18.4. The molecule has 34 heavy (non-hydrogen) atoms. The van der Waals surface area contributed by atoms with Crippen molar-refractivity contribution in [1.29, 1.82) is 5.26 Å². The quantitative estimate of drug-likeness (QED) is 0.454. The highest BCUT2D eigenvalue weighted by atomic mass is 32.2. The molecule has 5 rings (SSSR count). The summed E-state index contributed by atoms with van der Waals surface area (Å²) in [5.74, 6) is 0.741. The summed E-state index contributed by atoms with van der Waals surface area (Å²) in [4.78, 5) is 7.92. The number of aromatic amines is 1. The molecule has 172 valence electrons. The Hall–Kier alpha value is -3.67. The number of nitriles is 1. The van der Waals surface area contributed by atoms with E-state index in [1.165, 1.54) is 3.97 Å². The monoisotopic (exact) mass is 472 g/mol. The molecule has 0 saturated carbocycles. The highest BCUT2D eigenvalue weighted by Gasteiger charge is 2.40. The van der Waals surface area contributed by atoms with Gasteiger partial charge in [-0.05, 0) is 61.2 Å². The third kappa shape index (κ3) is 3.45. The number of rotatable bonds is 5. The average Bonchev–Trinajstić information content (AvgIpc) is 3.45. The lowest BCUT2D eigenvalue weighted by atomic mass is 9.97. The summed E-state index contributed by atoms with van der Waals surface area (Å²) in [7, 11) is -3.80. The topological polar surface area (TPSA) is 112 Å². The third-order valence-electron chi connectivity index (χ3n) is 6.50. The molecule has 1 aliphatic carbocycles. The summed E-state index contributed by atoms with van der Waals surface area (Å²) in [6.45, 7) is 3.39. The van der Waals surface area contributed by atoms with Crippen molar-refractivity contribution < 1.29 is 13.5 Å². The van der Waals surface area contributed by atoms with Crippen molar-refractivity contribution in [3.8, 4) is 6.07 Å². The Morgan fingerprint density at radius 3 is 2.85 bits per heavy atom. The van der Waals surface area contributed by atoms with Gasteiger partial charge in [0, 0.05) is 18.0 Å². The van der Waals surface area contributed by atoms with Crippen LogP contribution in [0, 0.1) is 18.3 Å². The van der Waals surface area contributed by atoms with Gasteiger partial charge >= 0.3 is 0 Å². The van der Waals surface area contributed by atoms with Gasteiger partial charge in [-0.25, -0.2) is 17.4 Å². The van der Waals surface area contributed by atoms with Crippen LogP contribution in [0.15, 0.2) is 66.4 Å². The molecule has 8 heteroatoms. The van der Waals surface area contributed by atoms with Gasteiger partial charge in [-0.15, -0.1) is 0 Å². The Labute approximate surface area is 197 Å². The van der Waals surface area contributed by atoms with Gasteiger partial charge in [0.05, 0.1) is 34.8 Å². The van der Waals surface area contributed by atoms with Crippen LogP contribution in [0.4, 0.5) is 0 Å². The van der Waals surface area contributed by atoms with Crippen LogP contribution in [0.5, 0.6) is 0 Å². The number of benzene rings is 2. The number of hydrogen-bond acceptors (Lipinski definition) is 5. The lowest BCUT2D eigenvalue weighted by Gasteiger charge is -2.29. The predicted octanol–water partition coefficient (Wildman–Crippen LogP) is 4.10. The summed E-state index contributed by atoms with van der Waals surface area (Å²) in [5, 5.41) is 19.5. The number of aryl methyl sites for hydroxylation is 1. The van der Waals surface area contributed by atoms with E-state index in [-0.39, 0.29) is 6.61 Å². The molecule has 1 atom stereocenters. The van der Waals surface area contributed by atoms with Crippen molar-refractivity contribution in [3.05, 3.63) is 88.9 Å². The molecule has 0 amide bonds. The minimum absolute atomic E-state index is 0.204. The van der Waals surface area contributed by atoms with E-state index < -0.39 is 14.8 Å². The second-order valence-corrected chi connectivity index (χ2v) is 11.2. The van der Waals surface area contributed by atoms with E-state index in [1.54, 1.807) is 43.5 Å². The first-order chi connectivity index (χ1) is 16.3. The zero-order valence-corrected chi connectivity index (χ0v) is 19.7. The van der Waals surface area contributed by atoms with E-state index in [2.05, 4.69) is 16.0 Å². The van der Waals surface area contributed by atoms with Crippen LogP contribution in [0.3, 0.4) is 0 Å². The van der Waals surface area contributed by atoms with Gasteiger partial charge in [-0.3, -0.25) is 0 Å². The Kier molecular flexibility index (Phi) is 5.19. The van der Waals surface area contributed by atoms with Crippen LogP contribution in [0.1, 0.15) is 35.9 Å². The second kappa shape index (κ2) is 7.97. The number of fused-ring (bicyclic) bond motifs is 2. The fourth-order valence-electron chi connectivity index (χ4n) is 4.65. The smallest absolute Gasteiger partial charge is 0.248 e. The minimum Gasteiger partial charge on any atom is -0.392 e. The summed E-state index contributed by atoms with van der Waals surface area (Å²) in [6.07, 6.45) is 7.65. The van der Waals surface area contributed by atoms with E-state index in [9.17, 15) is 13.5 Å². The van der Waals surface area contributed by atoms with Crippen molar-refractivity contribution in [1.82, 2.24) is 13.9 Å². The van der Waals surface area contributed by atoms with Gasteiger partial charge in [0.2, 0.25) is 10.0 Å². The number of allylic oxidation sites excluding steroid dienone is 1. The molecular formula is C26H24N4O3S. The van der Waals surface area contributed by atoms with E-state index in [4.69, 9.17) is 5.26 Å². The molecule has 2 aromatic heterocycles. The zero-order valence-electron chi connectivity index (χ0n) is 18.9. The van der Waals surface area contributed by atoms with Gasteiger partial charge in [-0.2, -0.15) is 5.26 Å². The van der Waals surface area contributed by atoms with Gasteiger partial charge < -0.3 is 10.1 Å². The van der Waals surface area contributed by atoms with Crippen LogP contribution in [0.25, 0.3) is 21.9 Å². The summed E-state index contributed by atoms with van der Waals surface area (Å²) in [5.41, 5.74) is 5.19. The predicted molar refractivity (Wildman–Crippen MR) is 132 cm³/mol. The molecule has 4 aromatic rings. The molecule has 2 aromatic carbocycles. The number of nitrogens with zero attached hydrogens (tertiary/aromatic N) is 3. The van der Waals surface area contributed by atoms with E-state index in [0.29, 0.717) is 29.5 Å². The third-order valence-corrected chi connectivity index (χ3v) is 8.79. The van der Waals surface area contributed by atoms with Crippen molar-refractivity contribution in [3.63, 3.8) is 0 Å². The maximum absolute atomic E-state index is 13.8. The number of nitrogens with one attached hydrogen (secondary N) is 1. The Bertz CT molecular complexity index is 1650. The first-order valence-corrected chi connectivity index (χ1v) is 12.4. The van der Waals surface area contributed by atoms with Gasteiger partial charge in [-0.1, -0.05) is 30.4 Å². The number of hydrogen-bond donors (Lipinski definition) is 2.